The molecule has 2 aliphatic rings. The number of rotatable bonds is 4. The van der Waals surface area contributed by atoms with E-state index >= 15 is 0 Å². The summed E-state index contributed by atoms with van der Waals surface area (Å²) in [6.45, 7) is 4.82. The minimum absolute atomic E-state index is 0.209. The summed E-state index contributed by atoms with van der Waals surface area (Å²) in [7, 11) is 0. The first kappa shape index (κ1) is 31.8. The molecule has 0 aromatic heterocycles. The predicted molar refractivity (Wildman–Crippen MR) is 231 cm³/mol. The van der Waals surface area contributed by atoms with Crippen molar-refractivity contribution in [3.8, 4) is 22.3 Å². The van der Waals surface area contributed by atoms with Gasteiger partial charge in [0.2, 0.25) is 0 Å². The van der Waals surface area contributed by atoms with Crippen LogP contribution in [0.3, 0.4) is 0 Å². The van der Waals surface area contributed by atoms with Crippen molar-refractivity contribution in [2.45, 2.75) is 24.7 Å². The van der Waals surface area contributed by atoms with Crippen molar-refractivity contribution in [3.05, 3.63) is 234 Å². The lowest BCUT2D eigenvalue weighted by Gasteiger charge is -2.46. The number of nitrogens with zero attached hydrogens (tertiary/aromatic N) is 1. The highest BCUT2D eigenvalue weighted by Crippen LogP contribution is 2.62. The number of fused-ring (bicyclic) bond motifs is 11. The molecule has 9 aromatic rings. The summed E-state index contributed by atoms with van der Waals surface area (Å²) < 4.78 is 0. The fraction of sp³-hybridized carbons (Fsp3) is 0.0741. The van der Waals surface area contributed by atoms with Crippen LogP contribution in [0, 0.1) is 0 Å². The van der Waals surface area contributed by atoms with Crippen LogP contribution in [0.5, 0.6) is 0 Å². The van der Waals surface area contributed by atoms with Gasteiger partial charge in [-0.3, -0.25) is 0 Å². The molecule has 0 amide bonds. The fourth-order valence-corrected chi connectivity index (χ4v) is 9.93. The molecule has 0 radical (unpaired) electrons. The van der Waals surface area contributed by atoms with Crippen LogP contribution >= 0.6 is 0 Å². The molecule has 0 N–H and O–H groups in total. The lowest BCUT2D eigenvalue weighted by atomic mass is 9.55. The predicted octanol–water partition coefficient (Wildman–Crippen LogP) is 14.1. The molecule has 0 saturated heterocycles. The van der Waals surface area contributed by atoms with E-state index in [0.29, 0.717) is 0 Å². The Hall–Kier alpha value is -6.70. The van der Waals surface area contributed by atoms with E-state index < -0.39 is 5.41 Å². The lowest BCUT2D eigenvalue weighted by molar-refractivity contribution is 0.563. The molecule has 0 fully saturated rings. The van der Waals surface area contributed by atoms with Crippen LogP contribution in [-0.2, 0) is 10.8 Å². The molecule has 11 rings (SSSR count). The van der Waals surface area contributed by atoms with Crippen molar-refractivity contribution in [2.75, 3.05) is 4.90 Å². The Morgan fingerprint density at radius 3 is 1.40 bits per heavy atom. The first-order valence-corrected chi connectivity index (χ1v) is 19.3. The molecular weight excluding hydrogens is 663 g/mol. The van der Waals surface area contributed by atoms with Gasteiger partial charge in [-0.2, -0.15) is 0 Å². The molecule has 0 bridgehead atoms. The van der Waals surface area contributed by atoms with E-state index in [0.717, 1.165) is 17.1 Å². The highest BCUT2D eigenvalue weighted by atomic mass is 15.1. The molecule has 55 heavy (non-hydrogen) atoms. The Kier molecular flexibility index (Phi) is 6.88. The van der Waals surface area contributed by atoms with E-state index in [-0.39, 0.29) is 5.41 Å². The molecule has 260 valence electrons. The average Bonchev–Trinajstić information content (AvgIpc) is 3.54. The van der Waals surface area contributed by atoms with Gasteiger partial charge < -0.3 is 4.90 Å². The molecule has 1 heteroatoms. The zero-order chi connectivity index (χ0) is 36.7. The maximum Gasteiger partial charge on any atom is 0.0719 e. The van der Waals surface area contributed by atoms with Gasteiger partial charge in [-0.05, 0) is 120 Å². The van der Waals surface area contributed by atoms with Crippen LogP contribution in [0.15, 0.2) is 200 Å². The van der Waals surface area contributed by atoms with Crippen LogP contribution in [-0.4, -0.2) is 0 Å². The largest absolute Gasteiger partial charge is 0.310 e. The SMILES string of the molecule is CC1(C)c2ccccc2C2(c3ccccc3-c3ccccc32)c2ccc(-c3cccc(N(c4ccc5ccccc5c4)c4ccc5ccccc5c4)c3)cc21. The number of anilines is 3. The van der Waals surface area contributed by atoms with Gasteiger partial charge >= 0.3 is 0 Å². The highest BCUT2D eigenvalue weighted by Gasteiger charge is 2.53. The Morgan fingerprint density at radius 2 is 0.782 bits per heavy atom. The molecule has 0 saturated carbocycles. The lowest BCUT2D eigenvalue weighted by Crippen LogP contribution is -2.40. The van der Waals surface area contributed by atoms with E-state index in [1.54, 1.807) is 0 Å². The normalized spacial score (nSPS) is 14.3. The molecule has 2 aliphatic carbocycles. The van der Waals surface area contributed by atoms with E-state index in [1.165, 1.54) is 77.2 Å². The summed E-state index contributed by atoms with van der Waals surface area (Å²) in [5, 5.41) is 4.93. The maximum absolute atomic E-state index is 2.49. The minimum atomic E-state index is -0.391. The third-order valence-electron chi connectivity index (χ3n) is 12.5. The van der Waals surface area contributed by atoms with Gasteiger partial charge in [0.05, 0.1) is 5.41 Å². The monoisotopic (exact) mass is 701 g/mol. The molecule has 0 unspecified atom stereocenters. The Morgan fingerprint density at radius 1 is 0.309 bits per heavy atom. The summed E-state index contributed by atoms with van der Waals surface area (Å²) in [6, 6.07) is 74.5. The van der Waals surface area contributed by atoms with Crippen molar-refractivity contribution in [1.82, 2.24) is 0 Å². The van der Waals surface area contributed by atoms with E-state index in [1.807, 2.05) is 0 Å². The Balaban J connectivity index is 1.11. The highest BCUT2D eigenvalue weighted by molar-refractivity contribution is 5.94. The molecular formula is C54H39N. The molecule has 1 spiro atoms. The summed E-state index contributed by atoms with van der Waals surface area (Å²) in [5.74, 6) is 0. The standard InChI is InChI=1S/C54H39N/c1-53(2)49-24-11-12-25-50(49)54(47-22-9-7-20-45(47)46-21-8-10-23-48(46)54)51-31-28-41(35-52(51)53)40-18-13-19-42(34-40)55(43-29-26-36-14-3-5-16-38(36)32-43)44-30-27-37-15-4-6-17-39(37)33-44/h3-35H,1-2H3. The van der Waals surface area contributed by atoms with Crippen molar-refractivity contribution in [2.24, 2.45) is 0 Å². The summed E-state index contributed by atoms with van der Waals surface area (Å²) >= 11 is 0. The van der Waals surface area contributed by atoms with Gasteiger partial charge in [0, 0.05) is 22.5 Å². The van der Waals surface area contributed by atoms with Gasteiger partial charge in [0.25, 0.3) is 0 Å². The molecule has 1 nitrogen and oxygen atoms in total. The van der Waals surface area contributed by atoms with Gasteiger partial charge in [0.1, 0.15) is 0 Å². The van der Waals surface area contributed by atoms with Crippen LogP contribution in [0.25, 0.3) is 43.8 Å². The Bertz CT molecular complexity index is 2860. The topological polar surface area (TPSA) is 3.24 Å². The first-order chi connectivity index (χ1) is 27.0. The van der Waals surface area contributed by atoms with E-state index in [9.17, 15) is 0 Å². The fourth-order valence-electron chi connectivity index (χ4n) is 9.93. The van der Waals surface area contributed by atoms with Gasteiger partial charge in [-0.25, -0.2) is 0 Å². The van der Waals surface area contributed by atoms with Crippen LogP contribution in [0.2, 0.25) is 0 Å². The quantitative estimate of drug-likeness (QED) is 0.177. The zero-order valence-corrected chi connectivity index (χ0v) is 31.0. The van der Waals surface area contributed by atoms with Gasteiger partial charge in [-0.15, -0.1) is 0 Å². The van der Waals surface area contributed by atoms with Gasteiger partial charge in [0.15, 0.2) is 0 Å². The second-order valence-electron chi connectivity index (χ2n) is 15.7. The first-order valence-electron chi connectivity index (χ1n) is 19.3. The van der Waals surface area contributed by atoms with Crippen LogP contribution in [0.1, 0.15) is 47.2 Å². The van der Waals surface area contributed by atoms with Crippen LogP contribution < -0.4 is 4.90 Å². The van der Waals surface area contributed by atoms with Crippen molar-refractivity contribution >= 4 is 38.6 Å². The van der Waals surface area contributed by atoms with Crippen molar-refractivity contribution < 1.29 is 0 Å². The zero-order valence-electron chi connectivity index (χ0n) is 31.0. The Labute approximate surface area is 322 Å². The van der Waals surface area contributed by atoms with E-state index in [2.05, 4.69) is 219 Å². The second kappa shape index (κ2) is 11.9. The molecule has 0 aliphatic heterocycles. The number of hydrogen-bond acceptors (Lipinski definition) is 1. The summed E-state index contributed by atoms with van der Waals surface area (Å²) in [4.78, 5) is 2.41. The minimum Gasteiger partial charge on any atom is -0.310 e. The number of hydrogen-bond donors (Lipinski definition) is 0. The smallest absolute Gasteiger partial charge is 0.0719 e. The van der Waals surface area contributed by atoms with Crippen molar-refractivity contribution in [1.29, 1.82) is 0 Å². The maximum atomic E-state index is 2.49. The molecule has 0 heterocycles. The third-order valence-corrected chi connectivity index (χ3v) is 12.5. The van der Waals surface area contributed by atoms with E-state index in [4.69, 9.17) is 0 Å². The van der Waals surface area contributed by atoms with Crippen molar-refractivity contribution in [3.63, 3.8) is 0 Å². The van der Waals surface area contributed by atoms with Gasteiger partial charge in [-0.1, -0.05) is 172 Å². The molecule has 0 atom stereocenters. The summed E-state index contributed by atoms with van der Waals surface area (Å²) in [5.41, 5.74) is 16.2. The molecule has 9 aromatic carbocycles. The number of benzene rings is 9. The summed E-state index contributed by atoms with van der Waals surface area (Å²) in [6.07, 6.45) is 0. The van der Waals surface area contributed by atoms with Crippen LogP contribution in [0.4, 0.5) is 17.1 Å². The second-order valence-corrected chi connectivity index (χ2v) is 15.7. The average molecular weight is 702 g/mol. The third kappa shape index (κ3) is 4.60.